The summed E-state index contributed by atoms with van der Waals surface area (Å²) in [6, 6.07) is 3.98. The van der Waals surface area contributed by atoms with Gasteiger partial charge in [0.15, 0.2) is 0 Å². The van der Waals surface area contributed by atoms with E-state index < -0.39 is 5.97 Å². The third-order valence-corrected chi connectivity index (χ3v) is 5.83. The van der Waals surface area contributed by atoms with Crippen molar-refractivity contribution < 1.29 is 15.0 Å². The molecule has 0 saturated heterocycles. The minimum Gasteiger partial charge on any atom is -0.507 e. The van der Waals surface area contributed by atoms with Gasteiger partial charge in [0.05, 0.1) is 6.42 Å². The minimum atomic E-state index is -0.739. The lowest BCUT2D eigenvalue weighted by molar-refractivity contribution is -0.137. The number of rotatable bonds is 16. The fourth-order valence-corrected chi connectivity index (χ4v) is 4.04. The fourth-order valence-electron chi connectivity index (χ4n) is 4.04. The van der Waals surface area contributed by atoms with E-state index in [4.69, 9.17) is 0 Å². The molecule has 2 N–H and O–H groups in total. The Bertz CT molecular complexity index is 565. The molecule has 0 spiro atoms. The summed E-state index contributed by atoms with van der Waals surface area (Å²) in [5.41, 5.74) is 2.84. The summed E-state index contributed by atoms with van der Waals surface area (Å²) in [5, 5.41) is 19.5. The number of unbranched alkanes of at least 4 members (excludes halogenated alkanes) is 10. The van der Waals surface area contributed by atoms with Gasteiger partial charge in [-0.3, -0.25) is 4.79 Å². The van der Waals surface area contributed by atoms with Gasteiger partial charge in [0.25, 0.3) is 0 Å². The van der Waals surface area contributed by atoms with Gasteiger partial charge in [0.2, 0.25) is 0 Å². The van der Waals surface area contributed by atoms with E-state index in [-0.39, 0.29) is 12.3 Å². The average molecular weight is 391 g/mol. The Labute approximate surface area is 172 Å². The van der Waals surface area contributed by atoms with Crippen LogP contribution < -0.4 is 0 Å². The first-order valence-electron chi connectivity index (χ1n) is 11.5. The Kier molecular flexibility index (Phi) is 12.7. The van der Waals surface area contributed by atoms with Crippen LogP contribution >= 0.6 is 0 Å². The number of hydrogen-bond donors (Lipinski definition) is 2. The van der Waals surface area contributed by atoms with Crippen LogP contribution in [0.3, 0.4) is 0 Å². The molecule has 0 bridgehead atoms. The molecule has 0 aliphatic heterocycles. The number of benzene rings is 1. The Morgan fingerprint density at radius 3 is 1.93 bits per heavy atom. The van der Waals surface area contributed by atoms with E-state index in [1.807, 2.05) is 26.0 Å². The molecule has 0 aliphatic rings. The fraction of sp³-hybridized carbons (Fsp3) is 0.720. The van der Waals surface area contributed by atoms with Crippen molar-refractivity contribution in [3.63, 3.8) is 0 Å². The monoisotopic (exact) mass is 390 g/mol. The summed E-state index contributed by atoms with van der Waals surface area (Å²) in [6.07, 6.45) is 16.2. The smallest absolute Gasteiger partial charge is 0.303 e. The van der Waals surface area contributed by atoms with Gasteiger partial charge in [-0.15, -0.1) is 0 Å². The molecule has 3 heteroatoms. The first-order chi connectivity index (χ1) is 13.5. The first-order valence-corrected chi connectivity index (χ1v) is 11.5. The topological polar surface area (TPSA) is 57.5 Å². The molecule has 0 aliphatic carbocycles. The standard InChI is InChI=1S/C25H42O3/c1-4-6-7-8-9-10-11-12-13-14-15-16-22(19-24(26)27)23-17-20(3)25(28)21(5-2)18-23/h17-18,22,28H,4-16,19H2,1-3H3,(H,26,27). The largest absolute Gasteiger partial charge is 0.507 e. The molecule has 0 fully saturated rings. The summed E-state index contributed by atoms with van der Waals surface area (Å²) in [4.78, 5) is 11.3. The average Bonchev–Trinajstić information content (AvgIpc) is 2.66. The van der Waals surface area contributed by atoms with Crippen molar-refractivity contribution in [1.29, 1.82) is 0 Å². The molecule has 0 saturated carbocycles. The molecule has 28 heavy (non-hydrogen) atoms. The van der Waals surface area contributed by atoms with Crippen LogP contribution in [0.4, 0.5) is 0 Å². The highest BCUT2D eigenvalue weighted by Crippen LogP contribution is 2.32. The zero-order chi connectivity index (χ0) is 20.8. The van der Waals surface area contributed by atoms with Gasteiger partial charge in [-0.05, 0) is 42.4 Å². The van der Waals surface area contributed by atoms with Gasteiger partial charge in [-0.25, -0.2) is 0 Å². The second kappa shape index (κ2) is 14.5. The van der Waals surface area contributed by atoms with Gasteiger partial charge in [0, 0.05) is 0 Å². The highest BCUT2D eigenvalue weighted by molar-refractivity contribution is 5.68. The van der Waals surface area contributed by atoms with Crippen LogP contribution in [0, 0.1) is 6.92 Å². The zero-order valence-corrected chi connectivity index (χ0v) is 18.4. The van der Waals surface area contributed by atoms with Crippen LogP contribution in [0.2, 0.25) is 0 Å². The van der Waals surface area contributed by atoms with Gasteiger partial charge in [-0.2, -0.15) is 0 Å². The summed E-state index contributed by atoms with van der Waals surface area (Å²) in [6.45, 7) is 6.18. The highest BCUT2D eigenvalue weighted by Gasteiger charge is 2.18. The number of aliphatic carboxylic acids is 1. The molecular weight excluding hydrogens is 348 g/mol. The van der Waals surface area contributed by atoms with E-state index in [0.717, 1.165) is 36.0 Å². The van der Waals surface area contributed by atoms with Crippen molar-refractivity contribution in [2.75, 3.05) is 0 Å². The normalized spacial score (nSPS) is 12.2. The Morgan fingerprint density at radius 1 is 0.893 bits per heavy atom. The van der Waals surface area contributed by atoms with Crippen LogP contribution in [0.1, 0.15) is 120 Å². The highest BCUT2D eigenvalue weighted by atomic mass is 16.4. The molecule has 1 atom stereocenters. The number of aromatic hydroxyl groups is 1. The number of hydrogen-bond acceptors (Lipinski definition) is 2. The van der Waals surface area contributed by atoms with Crippen molar-refractivity contribution in [3.8, 4) is 5.75 Å². The molecule has 1 aromatic rings. The van der Waals surface area contributed by atoms with E-state index in [2.05, 4.69) is 6.92 Å². The molecule has 1 aromatic carbocycles. The van der Waals surface area contributed by atoms with E-state index >= 15 is 0 Å². The summed E-state index contributed by atoms with van der Waals surface area (Å²) in [7, 11) is 0. The quantitative estimate of drug-likeness (QED) is 0.287. The predicted octanol–water partition coefficient (Wildman–Crippen LogP) is 7.52. The molecule has 160 valence electrons. The number of carboxylic acids is 1. The van der Waals surface area contributed by atoms with Gasteiger partial charge in [-0.1, -0.05) is 96.6 Å². The third-order valence-electron chi connectivity index (χ3n) is 5.83. The van der Waals surface area contributed by atoms with E-state index in [1.54, 1.807) is 0 Å². The number of aryl methyl sites for hydroxylation is 2. The molecule has 0 radical (unpaired) electrons. The lowest BCUT2D eigenvalue weighted by atomic mass is 9.87. The van der Waals surface area contributed by atoms with E-state index in [1.165, 1.54) is 64.2 Å². The lowest BCUT2D eigenvalue weighted by Crippen LogP contribution is -2.07. The maximum absolute atomic E-state index is 11.3. The number of carboxylic acid groups (broad SMARTS) is 1. The van der Waals surface area contributed by atoms with Crippen molar-refractivity contribution in [2.24, 2.45) is 0 Å². The second-order valence-corrected chi connectivity index (χ2v) is 8.32. The predicted molar refractivity (Wildman–Crippen MR) is 118 cm³/mol. The van der Waals surface area contributed by atoms with Crippen molar-refractivity contribution in [3.05, 3.63) is 28.8 Å². The summed E-state index contributed by atoms with van der Waals surface area (Å²) < 4.78 is 0. The molecule has 0 aromatic heterocycles. The minimum absolute atomic E-state index is 0.0423. The van der Waals surface area contributed by atoms with Gasteiger partial charge >= 0.3 is 5.97 Å². The molecule has 3 nitrogen and oxygen atoms in total. The maximum atomic E-state index is 11.3. The van der Waals surface area contributed by atoms with Gasteiger partial charge < -0.3 is 10.2 Å². The molecular formula is C25H42O3. The first kappa shape index (κ1) is 24.5. The Hall–Kier alpha value is -1.51. The van der Waals surface area contributed by atoms with Crippen LogP contribution in [0.25, 0.3) is 0 Å². The van der Waals surface area contributed by atoms with Crippen molar-refractivity contribution in [2.45, 2.75) is 117 Å². The Morgan fingerprint density at radius 2 is 1.43 bits per heavy atom. The molecule has 1 rings (SSSR count). The number of phenolic OH excluding ortho intramolecular Hbond substituents is 1. The van der Waals surface area contributed by atoms with Crippen molar-refractivity contribution in [1.82, 2.24) is 0 Å². The molecule has 0 heterocycles. The summed E-state index contributed by atoms with van der Waals surface area (Å²) >= 11 is 0. The van der Waals surface area contributed by atoms with Crippen LogP contribution in [0.15, 0.2) is 12.1 Å². The second-order valence-electron chi connectivity index (χ2n) is 8.32. The van der Waals surface area contributed by atoms with Crippen LogP contribution in [0.5, 0.6) is 5.75 Å². The molecule has 0 amide bonds. The SMILES string of the molecule is CCCCCCCCCCCCCC(CC(=O)O)c1cc(C)c(O)c(CC)c1. The van der Waals surface area contributed by atoms with Gasteiger partial charge in [0.1, 0.15) is 5.75 Å². The summed E-state index contributed by atoms with van der Waals surface area (Å²) in [5.74, 6) is -0.340. The van der Waals surface area contributed by atoms with E-state index in [9.17, 15) is 15.0 Å². The van der Waals surface area contributed by atoms with E-state index in [0.29, 0.717) is 5.75 Å². The number of phenols is 1. The maximum Gasteiger partial charge on any atom is 0.303 e. The lowest BCUT2D eigenvalue weighted by Gasteiger charge is -2.18. The van der Waals surface area contributed by atoms with Crippen LogP contribution in [-0.2, 0) is 11.2 Å². The van der Waals surface area contributed by atoms with Crippen LogP contribution in [-0.4, -0.2) is 16.2 Å². The molecule has 1 unspecified atom stereocenters. The number of carbonyl (C=O) groups is 1. The zero-order valence-electron chi connectivity index (χ0n) is 18.4. The van der Waals surface area contributed by atoms with Crippen molar-refractivity contribution >= 4 is 5.97 Å². The Balaban J connectivity index is 2.37. The third kappa shape index (κ3) is 9.61.